The van der Waals surface area contributed by atoms with E-state index in [-0.39, 0.29) is 0 Å². The normalized spacial score (nSPS) is 26.7. The van der Waals surface area contributed by atoms with E-state index in [4.69, 9.17) is 0 Å². The predicted octanol–water partition coefficient (Wildman–Crippen LogP) is 1.03. The van der Waals surface area contributed by atoms with Crippen molar-refractivity contribution in [1.82, 2.24) is 15.1 Å². The molecular formula is C13H27N3. The minimum absolute atomic E-state index is 0.351. The van der Waals surface area contributed by atoms with Crippen LogP contribution in [0.5, 0.6) is 0 Å². The van der Waals surface area contributed by atoms with E-state index in [0.717, 1.165) is 32.7 Å². The van der Waals surface area contributed by atoms with E-state index in [1.165, 1.54) is 0 Å². The van der Waals surface area contributed by atoms with Crippen LogP contribution < -0.4 is 5.32 Å². The summed E-state index contributed by atoms with van der Waals surface area (Å²) in [5.74, 6) is 0. The molecule has 1 saturated heterocycles. The molecule has 94 valence electrons. The Balaban J connectivity index is 2.68. The molecule has 1 heterocycles. The van der Waals surface area contributed by atoms with Crippen molar-refractivity contribution in [2.24, 2.45) is 5.41 Å². The molecule has 1 rings (SSSR count). The van der Waals surface area contributed by atoms with Gasteiger partial charge in [0.15, 0.2) is 0 Å². The Kier molecular flexibility index (Phi) is 4.96. The first kappa shape index (κ1) is 13.7. The van der Waals surface area contributed by atoms with Crippen LogP contribution in [0.1, 0.15) is 13.8 Å². The minimum atomic E-state index is 0.351. The van der Waals surface area contributed by atoms with Gasteiger partial charge in [-0.1, -0.05) is 19.9 Å². The van der Waals surface area contributed by atoms with E-state index in [2.05, 4.69) is 49.6 Å². The zero-order valence-corrected chi connectivity index (χ0v) is 11.3. The van der Waals surface area contributed by atoms with Crippen molar-refractivity contribution < 1.29 is 0 Å². The molecule has 3 heteroatoms. The topological polar surface area (TPSA) is 18.5 Å². The highest BCUT2D eigenvalue weighted by molar-refractivity contribution is 4.90. The third-order valence-electron chi connectivity index (χ3n) is 3.07. The number of likely N-dealkylation sites (N-methyl/N-ethyl adjacent to an activating group) is 1. The fourth-order valence-corrected chi connectivity index (χ4v) is 2.42. The third kappa shape index (κ3) is 4.24. The molecular weight excluding hydrogens is 198 g/mol. The van der Waals surface area contributed by atoms with Crippen molar-refractivity contribution in [2.75, 3.05) is 46.8 Å². The van der Waals surface area contributed by atoms with Crippen LogP contribution in [0.3, 0.4) is 0 Å². The molecule has 1 fully saturated rings. The molecule has 1 aliphatic heterocycles. The Labute approximate surface area is 100 Å². The largest absolute Gasteiger partial charge is 0.315 e. The molecule has 1 N–H and O–H groups in total. The fraction of sp³-hybridized carbons (Fsp3) is 0.846. The lowest BCUT2D eigenvalue weighted by molar-refractivity contribution is 0.150. The molecule has 0 aromatic rings. The van der Waals surface area contributed by atoms with Crippen molar-refractivity contribution in [2.45, 2.75) is 19.9 Å². The predicted molar refractivity (Wildman–Crippen MR) is 70.8 cm³/mol. The Hall–Kier alpha value is -0.380. The number of nitrogens with one attached hydrogen (secondary N) is 1. The van der Waals surface area contributed by atoms with Crippen LogP contribution in [-0.2, 0) is 0 Å². The SMILES string of the molecule is C=CCN1CC(C)(C)CNCC1CN(C)C. The zero-order valence-electron chi connectivity index (χ0n) is 11.3. The maximum absolute atomic E-state index is 3.87. The molecule has 0 radical (unpaired) electrons. The molecule has 0 amide bonds. The Morgan fingerprint density at radius 1 is 1.50 bits per heavy atom. The lowest BCUT2D eigenvalue weighted by atomic mass is 9.93. The molecule has 0 bridgehead atoms. The maximum atomic E-state index is 3.87. The molecule has 1 aliphatic rings. The molecule has 0 aromatic carbocycles. The van der Waals surface area contributed by atoms with Gasteiger partial charge in [0, 0.05) is 38.8 Å². The Morgan fingerprint density at radius 2 is 2.19 bits per heavy atom. The van der Waals surface area contributed by atoms with Gasteiger partial charge in [-0.05, 0) is 19.5 Å². The van der Waals surface area contributed by atoms with E-state index in [0.29, 0.717) is 11.5 Å². The van der Waals surface area contributed by atoms with Crippen molar-refractivity contribution in [3.63, 3.8) is 0 Å². The van der Waals surface area contributed by atoms with Gasteiger partial charge in [0.25, 0.3) is 0 Å². The summed E-state index contributed by atoms with van der Waals surface area (Å²) in [4.78, 5) is 4.81. The van der Waals surface area contributed by atoms with E-state index in [1.807, 2.05) is 6.08 Å². The van der Waals surface area contributed by atoms with Crippen LogP contribution >= 0.6 is 0 Å². The molecule has 0 spiro atoms. The number of hydrogen-bond donors (Lipinski definition) is 1. The summed E-state index contributed by atoms with van der Waals surface area (Å²) in [7, 11) is 4.28. The van der Waals surface area contributed by atoms with Gasteiger partial charge in [0.2, 0.25) is 0 Å². The first-order valence-corrected chi connectivity index (χ1v) is 6.15. The summed E-state index contributed by atoms with van der Waals surface area (Å²) < 4.78 is 0. The van der Waals surface area contributed by atoms with Gasteiger partial charge >= 0.3 is 0 Å². The standard InChI is InChI=1S/C13H27N3/c1-6-7-16-11-13(2,3)10-14-8-12(16)9-15(4)5/h6,12,14H,1,7-11H2,2-5H3. The summed E-state index contributed by atoms with van der Waals surface area (Å²) in [5.41, 5.74) is 0.351. The highest BCUT2D eigenvalue weighted by Gasteiger charge is 2.29. The minimum Gasteiger partial charge on any atom is -0.315 e. The molecule has 1 unspecified atom stereocenters. The first-order chi connectivity index (χ1) is 7.44. The first-order valence-electron chi connectivity index (χ1n) is 6.15. The summed E-state index contributed by atoms with van der Waals surface area (Å²) in [6, 6.07) is 0.592. The van der Waals surface area contributed by atoms with Crippen molar-refractivity contribution in [3.05, 3.63) is 12.7 Å². The van der Waals surface area contributed by atoms with E-state index in [1.54, 1.807) is 0 Å². The van der Waals surface area contributed by atoms with Crippen molar-refractivity contribution in [3.8, 4) is 0 Å². The van der Waals surface area contributed by atoms with Crippen LogP contribution in [0.2, 0.25) is 0 Å². The second-order valence-electron chi connectivity index (χ2n) is 5.93. The van der Waals surface area contributed by atoms with Crippen LogP contribution in [0.25, 0.3) is 0 Å². The number of hydrogen-bond acceptors (Lipinski definition) is 3. The van der Waals surface area contributed by atoms with Gasteiger partial charge in [0.05, 0.1) is 0 Å². The van der Waals surface area contributed by atoms with E-state index < -0.39 is 0 Å². The summed E-state index contributed by atoms with van der Waals surface area (Å²) in [5, 5.41) is 3.58. The van der Waals surface area contributed by atoms with Gasteiger partial charge in [-0.15, -0.1) is 6.58 Å². The van der Waals surface area contributed by atoms with Gasteiger partial charge in [-0.3, -0.25) is 4.90 Å². The second-order valence-corrected chi connectivity index (χ2v) is 5.93. The van der Waals surface area contributed by atoms with Crippen LogP contribution in [-0.4, -0.2) is 62.7 Å². The van der Waals surface area contributed by atoms with Gasteiger partial charge in [-0.2, -0.15) is 0 Å². The highest BCUT2D eigenvalue weighted by atomic mass is 15.2. The monoisotopic (exact) mass is 225 g/mol. The average molecular weight is 225 g/mol. The molecule has 0 aliphatic carbocycles. The lowest BCUT2D eigenvalue weighted by Crippen LogP contribution is -2.46. The quantitative estimate of drug-likeness (QED) is 0.721. The third-order valence-corrected chi connectivity index (χ3v) is 3.07. The highest BCUT2D eigenvalue weighted by Crippen LogP contribution is 2.20. The summed E-state index contributed by atoms with van der Waals surface area (Å²) in [6.45, 7) is 13.9. The average Bonchev–Trinajstić information content (AvgIpc) is 2.26. The zero-order chi connectivity index (χ0) is 12.2. The van der Waals surface area contributed by atoms with Crippen LogP contribution in [0.4, 0.5) is 0 Å². The van der Waals surface area contributed by atoms with Gasteiger partial charge < -0.3 is 10.2 Å². The van der Waals surface area contributed by atoms with Gasteiger partial charge in [0.1, 0.15) is 0 Å². The Morgan fingerprint density at radius 3 is 2.75 bits per heavy atom. The van der Waals surface area contributed by atoms with Crippen molar-refractivity contribution in [1.29, 1.82) is 0 Å². The summed E-state index contributed by atoms with van der Waals surface area (Å²) in [6.07, 6.45) is 2.02. The molecule has 0 saturated carbocycles. The van der Waals surface area contributed by atoms with Crippen molar-refractivity contribution >= 4 is 0 Å². The number of rotatable bonds is 4. The van der Waals surface area contributed by atoms with Crippen LogP contribution in [0, 0.1) is 5.41 Å². The van der Waals surface area contributed by atoms with Crippen LogP contribution in [0.15, 0.2) is 12.7 Å². The van der Waals surface area contributed by atoms with Gasteiger partial charge in [-0.25, -0.2) is 0 Å². The molecule has 1 atom stereocenters. The van der Waals surface area contributed by atoms with E-state index in [9.17, 15) is 0 Å². The smallest absolute Gasteiger partial charge is 0.0351 e. The lowest BCUT2D eigenvalue weighted by Gasteiger charge is -2.34. The number of nitrogens with zero attached hydrogens (tertiary/aromatic N) is 2. The fourth-order valence-electron chi connectivity index (χ4n) is 2.42. The molecule has 16 heavy (non-hydrogen) atoms. The maximum Gasteiger partial charge on any atom is 0.0351 e. The molecule has 3 nitrogen and oxygen atoms in total. The van der Waals surface area contributed by atoms with E-state index >= 15 is 0 Å². The molecule has 0 aromatic heterocycles. The summed E-state index contributed by atoms with van der Waals surface area (Å²) >= 11 is 0. The second kappa shape index (κ2) is 5.80. The Bertz CT molecular complexity index is 223.